The van der Waals surface area contributed by atoms with E-state index in [9.17, 15) is 9.50 Å². The molecule has 0 fully saturated rings. The fraction of sp³-hybridized carbons (Fsp3) is 0.455. The van der Waals surface area contributed by atoms with Crippen molar-refractivity contribution in [1.82, 2.24) is 5.32 Å². The van der Waals surface area contributed by atoms with E-state index in [1.165, 1.54) is 12.1 Å². The molecule has 0 saturated heterocycles. The third kappa shape index (κ3) is 3.78. The second kappa shape index (κ2) is 4.92. The van der Waals surface area contributed by atoms with E-state index < -0.39 is 11.4 Å². The molecule has 1 atom stereocenters. The predicted molar refractivity (Wildman–Crippen MR) is 59.7 cm³/mol. The summed E-state index contributed by atoms with van der Waals surface area (Å²) in [5, 5.41) is 12.9. The minimum absolute atomic E-state index is 0.104. The normalized spacial score (nSPS) is 15.0. The summed E-state index contributed by atoms with van der Waals surface area (Å²) >= 11 is 5.56. The summed E-state index contributed by atoms with van der Waals surface area (Å²) in [6, 6.07) is 4.57. The lowest BCUT2D eigenvalue weighted by Gasteiger charge is -2.22. The van der Waals surface area contributed by atoms with Crippen LogP contribution in [-0.4, -0.2) is 24.3 Å². The Morgan fingerprint density at radius 1 is 1.53 bits per heavy atom. The highest BCUT2D eigenvalue weighted by molar-refractivity contribution is 6.30. The minimum atomic E-state index is -0.880. The molecule has 0 bridgehead atoms. The average molecular weight is 232 g/mol. The van der Waals surface area contributed by atoms with Gasteiger partial charge >= 0.3 is 0 Å². The van der Waals surface area contributed by atoms with Crippen molar-refractivity contribution < 1.29 is 9.50 Å². The van der Waals surface area contributed by atoms with E-state index in [-0.39, 0.29) is 5.02 Å². The van der Waals surface area contributed by atoms with Crippen LogP contribution < -0.4 is 5.32 Å². The maximum Gasteiger partial charge on any atom is 0.142 e. The van der Waals surface area contributed by atoms with Crippen molar-refractivity contribution in [3.63, 3.8) is 0 Å². The van der Waals surface area contributed by atoms with Gasteiger partial charge in [0.05, 0.1) is 10.6 Å². The summed E-state index contributed by atoms with van der Waals surface area (Å²) in [6.45, 7) is 2.16. The number of benzene rings is 1. The highest BCUT2D eigenvalue weighted by Crippen LogP contribution is 2.19. The van der Waals surface area contributed by atoms with Gasteiger partial charge in [-0.2, -0.15) is 0 Å². The van der Waals surface area contributed by atoms with E-state index in [1.54, 1.807) is 20.0 Å². The van der Waals surface area contributed by atoms with Crippen molar-refractivity contribution in [2.45, 2.75) is 18.9 Å². The molecule has 0 radical (unpaired) electrons. The number of likely N-dealkylation sites (N-methyl/N-ethyl adjacent to an activating group) is 1. The molecular formula is C11H15ClFNO. The molecule has 2 nitrogen and oxygen atoms in total. The van der Waals surface area contributed by atoms with Gasteiger partial charge in [0.15, 0.2) is 0 Å². The number of rotatable bonds is 4. The number of hydrogen-bond donors (Lipinski definition) is 2. The van der Waals surface area contributed by atoms with Crippen LogP contribution in [0.1, 0.15) is 12.5 Å². The van der Waals surface area contributed by atoms with Gasteiger partial charge in [-0.1, -0.05) is 17.7 Å². The first-order chi connectivity index (χ1) is 6.94. The van der Waals surface area contributed by atoms with E-state index in [2.05, 4.69) is 5.32 Å². The Morgan fingerprint density at radius 3 is 2.73 bits per heavy atom. The lowest BCUT2D eigenvalue weighted by molar-refractivity contribution is 0.0622. The van der Waals surface area contributed by atoms with Crippen molar-refractivity contribution in [3.8, 4) is 0 Å². The Bertz CT molecular complexity index is 341. The fourth-order valence-electron chi connectivity index (χ4n) is 1.53. The standard InChI is InChI=1S/C11H15ClFNO/c1-11(15,7-14-2)6-8-3-4-9(12)10(13)5-8/h3-5,14-15H,6-7H2,1-2H3. The Balaban J connectivity index is 2.76. The molecule has 1 aromatic carbocycles. The highest BCUT2D eigenvalue weighted by atomic mass is 35.5. The van der Waals surface area contributed by atoms with Crippen LogP contribution in [0, 0.1) is 5.82 Å². The Morgan fingerprint density at radius 2 is 2.20 bits per heavy atom. The van der Waals surface area contributed by atoms with Crippen LogP contribution in [0.4, 0.5) is 4.39 Å². The van der Waals surface area contributed by atoms with Crippen LogP contribution >= 0.6 is 11.6 Å². The summed E-state index contributed by atoms with van der Waals surface area (Å²) in [7, 11) is 1.76. The second-order valence-electron chi connectivity index (χ2n) is 3.95. The first-order valence-corrected chi connectivity index (χ1v) is 5.13. The Kier molecular flexibility index (Phi) is 4.08. The monoisotopic (exact) mass is 231 g/mol. The minimum Gasteiger partial charge on any atom is -0.389 e. The lowest BCUT2D eigenvalue weighted by Crippen LogP contribution is -2.38. The van der Waals surface area contributed by atoms with Gasteiger partial charge in [-0.3, -0.25) is 0 Å². The average Bonchev–Trinajstić information content (AvgIpc) is 2.10. The zero-order valence-corrected chi connectivity index (χ0v) is 9.61. The van der Waals surface area contributed by atoms with Crippen molar-refractivity contribution >= 4 is 11.6 Å². The van der Waals surface area contributed by atoms with Gasteiger partial charge in [0.2, 0.25) is 0 Å². The van der Waals surface area contributed by atoms with Crippen molar-refractivity contribution in [3.05, 3.63) is 34.6 Å². The molecule has 0 aliphatic rings. The number of halogens is 2. The van der Waals surface area contributed by atoms with Gasteiger partial charge in [-0.15, -0.1) is 0 Å². The van der Waals surface area contributed by atoms with E-state index in [1.807, 2.05) is 0 Å². The Labute approximate surface area is 94.1 Å². The third-order valence-corrected chi connectivity index (χ3v) is 2.43. The molecule has 1 unspecified atom stereocenters. The maximum atomic E-state index is 13.1. The number of aliphatic hydroxyl groups is 1. The number of nitrogens with one attached hydrogen (secondary N) is 1. The van der Waals surface area contributed by atoms with E-state index >= 15 is 0 Å². The predicted octanol–water partition coefficient (Wildman–Crippen LogP) is 1.99. The van der Waals surface area contributed by atoms with Crippen LogP contribution in [0.5, 0.6) is 0 Å². The van der Waals surface area contributed by atoms with Gasteiger partial charge < -0.3 is 10.4 Å². The zero-order valence-electron chi connectivity index (χ0n) is 8.85. The Hall–Kier alpha value is -0.640. The molecule has 0 aliphatic carbocycles. The van der Waals surface area contributed by atoms with E-state index in [0.717, 1.165) is 5.56 Å². The molecule has 0 aliphatic heterocycles. The molecule has 0 aromatic heterocycles. The zero-order chi connectivity index (χ0) is 11.5. The van der Waals surface area contributed by atoms with E-state index in [0.29, 0.717) is 13.0 Å². The number of hydrogen-bond acceptors (Lipinski definition) is 2. The van der Waals surface area contributed by atoms with Crippen LogP contribution in [0.2, 0.25) is 5.02 Å². The molecule has 2 N–H and O–H groups in total. The van der Waals surface area contributed by atoms with Crippen molar-refractivity contribution in [1.29, 1.82) is 0 Å². The maximum absolute atomic E-state index is 13.1. The summed E-state index contributed by atoms with van der Waals surface area (Å²) < 4.78 is 13.1. The van der Waals surface area contributed by atoms with Gasteiger partial charge in [0.25, 0.3) is 0 Å². The van der Waals surface area contributed by atoms with Gasteiger partial charge in [0.1, 0.15) is 5.82 Å². The van der Waals surface area contributed by atoms with Gasteiger partial charge in [-0.05, 0) is 31.7 Å². The van der Waals surface area contributed by atoms with Crippen molar-refractivity contribution in [2.75, 3.05) is 13.6 Å². The quantitative estimate of drug-likeness (QED) is 0.831. The molecule has 0 heterocycles. The summed E-state index contributed by atoms with van der Waals surface area (Å²) in [4.78, 5) is 0. The lowest BCUT2D eigenvalue weighted by atomic mass is 9.96. The molecular weight excluding hydrogens is 217 g/mol. The molecule has 1 aromatic rings. The van der Waals surface area contributed by atoms with E-state index in [4.69, 9.17) is 11.6 Å². The SMILES string of the molecule is CNCC(C)(O)Cc1ccc(Cl)c(F)c1. The topological polar surface area (TPSA) is 32.3 Å². The summed E-state index contributed by atoms with van der Waals surface area (Å²) in [5.41, 5.74) is -0.146. The van der Waals surface area contributed by atoms with Crippen LogP contribution in [0.3, 0.4) is 0 Å². The molecule has 0 spiro atoms. The molecule has 0 saturated carbocycles. The largest absolute Gasteiger partial charge is 0.389 e. The molecule has 84 valence electrons. The van der Waals surface area contributed by atoms with Gasteiger partial charge in [0, 0.05) is 13.0 Å². The molecule has 4 heteroatoms. The summed E-state index contributed by atoms with van der Waals surface area (Å²) in [5.74, 6) is -0.450. The highest BCUT2D eigenvalue weighted by Gasteiger charge is 2.20. The third-order valence-electron chi connectivity index (χ3n) is 2.13. The van der Waals surface area contributed by atoms with Gasteiger partial charge in [-0.25, -0.2) is 4.39 Å². The first kappa shape index (κ1) is 12.4. The smallest absolute Gasteiger partial charge is 0.142 e. The molecule has 15 heavy (non-hydrogen) atoms. The second-order valence-corrected chi connectivity index (χ2v) is 4.36. The molecule has 1 rings (SSSR count). The summed E-state index contributed by atoms with van der Waals surface area (Å²) in [6.07, 6.45) is 0.391. The fourth-order valence-corrected chi connectivity index (χ4v) is 1.65. The van der Waals surface area contributed by atoms with Crippen LogP contribution in [0.25, 0.3) is 0 Å². The first-order valence-electron chi connectivity index (χ1n) is 4.75. The van der Waals surface area contributed by atoms with Crippen LogP contribution in [0.15, 0.2) is 18.2 Å². The molecule has 0 amide bonds. The van der Waals surface area contributed by atoms with Crippen LogP contribution in [-0.2, 0) is 6.42 Å². The van der Waals surface area contributed by atoms with Crippen molar-refractivity contribution in [2.24, 2.45) is 0 Å².